The molecule has 0 bridgehead atoms. The van der Waals surface area contributed by atoms with E-state index in [9.17, 15) is 22.8 Å². The average Bonchev–Trinajstić information content (AvgIpc) is 2.46. The molecule has 1 N–H and O–H groups in total. The summed E-state index contributed by atoms with van der Waals surface area (Å²) in [7, 11) is 0. The second-order valence-electron chi connectivity index (χ2n) is 4.86. The van der Waals surface area contributed by atoms with E-state index in [1.165, 1.54) is 6.07 Å². The van der Waals surface area contributed by atoms with Crippen LogP contribution >= 0.6 is 11.6 Å². The highest BCUT2D eigenvalue weighted by Gasteiger charge is 2.42. The molecular formula is C16H11ClF3NO3. The van der Waals surface area contributed by atoms with E-state index in [0.717, 1.165) is 5.56 Å². The molecule has 8 heteroatoms. The number of benzene rings is 2. The van der Waals surface area contributed by atoms with Crippen LogP contribution in [0.2, 0.25) is 5.02 Å². The number of hydrogen-bond donors (Lipinski definition) is 1. The number of esters is 1. The first-order valence-corrected chi connectivity index (χ1v) is 7.01. The molecule has 0 heterocycles. The Morgan fingerprint density at radius 2 is 1.83 bits per heavy atom. The second kappa shape index (κ2) is 6.92. The van der Waals surface area contributed by atoms with Gasteiger partial charge in [-0.05, 0) is 36.2 Å². The number of amides is 1. The Kier molecular flexibility index (Phi) is 5.14. The molecule has 2 rings (SSSR count). The normalized spacial score (nSPS) is 11.0. The molecule has 0 aliphatic carbocycles. The smallest absolute Gasteiger partial charge is 0.369 e. The summed E-state index contributed by atoms with van der Waals surface area (Å²) in [6.45, 7) is 1.74. The van der Waals surface area contributed by atoms with Crippen molar-refractivity contribution in [2.45, 2.75) is 13.1 Å². The van der Waals surface area contributed by atoms with Crippen LogP contribution in [0.3, 0.4) is 0 Å². The molecule has 0 atom stereocenters. The van der Waals surface area contributed by atoms with Gasteiger partial charge in [0.2, 0.25) is 0 Å². The predicted molar refractivity (Wildman–Crippen MR) is 82.8 cm³/mol. The van der Waals surface area contributed by atoms with E-state index in [4.69, 9.17) is 11.6 Å². The molecule has 0 unspecified atom stereocenters. The van der Waals surface area contributed by atoms with Gasteiger partial charge in [-0.25, -0.2) is 9.59 Å². The Morgan fingerprint density at radius 3 is 2.46 bits per heavy atom. The Hall–Kier alpha value is -2.54. The molecular weight excluding hydrogens is 347 g/mol. The minimum absolute atomic E-state index is 0.192. The van der Waals surface area contributed by atoms with Crippen LogP contribution < -0.4 is 5.32 Å². The molecule has 0 aliphatic heterocycles. The minimum Gasteiger partial charge on any atom is -0.369 e. The zero-order valence-corrected chi connectivity index (χ0v) is 13.0. The summed E-state index contributed by atoms with van der Waals surface area (Å²) >= 11 is 5.92. The zero-order chi connectivity index (χ0) is 17.9. The number of anilines is 1. The molecule has 0 radical (unpaired) electrons. The molecule has 0 aliphatic rings. The second-order valence-corrected chi connectivity index (χ2v) is 5.30. The quantitative estimate of drug-likeness (QED) is 0.611. The standard InChI is InChI=1S/C16H11ClF3NO3/c1-9-5-6-12(10-3-2-4-11(17)8-10)13(7-9)21-15(23)24-14(22)16(18,19)20/h2-8H,1H3,(H,21,23). The monoisotopic (exact) mass is 357 g/mol. The molecule has 0 fully saturated rings. The zero-order valence-electron chi connectivity index (χ0n) is 12.3. The number of alkyl halides is 3. The lowest BCUT2D eigenvalue weighted by molar-refractivity contribution is -0.192. The fourth-order valence-electron chi connectivity index (χ4n) is 1.95. The van der Waals surface area contributed by atoms with E-state index in [2.05, 4.69) is 10.1 Å². The molecule has 0 saturated carbocycles. The molecule has 4 nitrogen and oxygen atoms in total. The van der Waals surface area contributed by atoms with Crippen molar-refractivity contribution < 1.29 is 27.5 Å². The van der Waals surface area contributed by atoms with Crippen molar-refractivity contribution >= 4 is 29.4 Å². The minimum atomic E-state index is -5.25. The van der Waals surface area contributed by atoms with E-state index in [1.807, 2.05) is 0 Å². The lowest BCUT2D eigenvalue weighted by atomic mass is 10.0. The fourth-order valence-corrected chi connectivity index (χ4v) is 2.14. The molecule has 24 heavy (non-hydrogen) atoms. The molecule has 1 amide bonds. The van der Waals surface area contributed by atoms with Gasteiger partial charge in [0.25, 0.3) is 0 Å². The number of halogens is 4. The molecule has 0 aromatic heterocycles. The Balaban J connectivity index is 2.28. The number of ether oxygens (including phenoxy) is 1. The van der Waals surface area contributed by atoms with E-state index in [1.54, 1.807) is 43.3 Å². The summed E-state index contributed by atoms with van der Waals surface area (Å²) in [5, 5.41) is 2.60. The first-order chi connectivity index (χ1) is 11.2. The predicted octanol–water partition coefficient (Wildman–Crippen LogP) is 4.95. The van der Waals surface area contributed by atoms with E-state index >= 15 is 0 Å². The maximum Gasteiger partial charge on any atom is 0.491 e. The summed E-state index contributed by atoms with van der Waals surface area (Å²) in [4.78, 5) is 22.3. The molecule has 0 spiro atoms. The Labute approximate surface area is 140 Å². The summed E-state index contributed by atoms with van der Waals surface area (Å²) in [5.41, 5.74) is 2.09. The first-order valence-electron chi connectivity index (χ1n) is 6.63. The Bertz CT molecular complexity index is 790. The molecule has 126 valence electrons. The van der Waals surface area contributed by atoms with E-state index in [0.29, 0.717) is 16.1 Å². The van der Waals surface area contributed by atoms with E-state index < -0.39 is 18.2 Å². The van der Waals surface area contributed by atoms with Crippen LogP contribution in [-0.4, -0.2) is 18.2 Å². The molecule has 0 saturated heterocycles. The van der Waals surface area contributed by atoms with Crippen molar-refractivity contribution in [3.63, 3.8) is 0 Å². The number of nitrogens with one attached hydrogen (secondary N) is 1. The van der Waals surface area contributed by atoms with Gasteiger partial charge >= 0.3 is 18.2 Å². The van der Waals surface area contributed by atoms with Crippen LogP contribution in [0.25, 0.3) is 11.1 Å². The number of aryl methyl sites for hydroxylation is 1. The molecule has 2 aromatic carbocycles. The number of carbonyl (C=O) groups is 2. The summed E-state index contributed by atoms with van der Waals surface area (Å²) < 4.78 is 40.1. The third-order valence-corrected chi connectivity index (χ3v) is 3.20. The van der Waals surface area contributed by atoms with Gasteiger partial charge in [0.1, 0.15) is 0 Å². The van der Waals surface area contributed by atoms with Crippen molar-refractivity contribution in [3.8, 4) is 11.1 Å². The first kappa shape index (κ1) is 17.8. The highest BCUT2D eigenvalue weighted by atomic mass is 35.5. The summed E-state index contributed by atoms with van der Waals surface area (Å²) in [6, 6.07) is 11.7. The fraction of sp³-hybridized carbons (Fsp3) is 0.125. The van der Waals surface area contributed by atoms with Crippen LogP contribution in [0.15, 0.2) is 42.5 Å². The van der Waals surface area contributed by atoms with Crippen molar-refractivity contribution in [2.24, 2.45) is 0 Å². The van der Waals surface area contributed by atoms with Gasteiger partial charge in [-0.1, -0.05) is 35.9 Å². The third kappa shape index (κ3) is 4.48. The topological polar surface area (TPSA) is 55.4 Å². The lowest BCUT2D eigenvalue weighted by Gasteiger charge is -2.13. The highest BCUT2D eigenvalue weighted by Crippen LogP contribution is 2.31. The SMILES string of the molecule is Cc1ccc(-c2cccc(Cl)c2)c(NC(=O)OC(=O)C(F)(F)F)c1. The largest absolute Gasteiger partial charge is 0.491 e. The molecule has 2 aromatic rings. The summed E-state index contributed by atoms with van der Waals surface area (Å²) in [6.07, 6.45) is -6.77. The van der Waals surface area contributed by atoms with Gasteiger partial charge in [0, 0.05) is 10.6 Å². The maximum absolute atomic E-state index is 12.1. The van der Waals surface area contributed by atoms with Gasteiger partial charge in [-0.2, -0.15) is 13.2 Å². The number of rotatable bonds is 2. The van der Waals surface area contributed by atoms with Gasteiger partial charge in [0.15, 0.2) is 0 Å². The number of hydrogen-bond acceptors (Lipinski definition) is 3. The van der Waals surface area contributed by atoms with Crippen LogP contribution in [0, 0.1) is 6.92 Å². The third-order valence-electron chi connectivity index (χ3n) is 2.96. The van der Waals surface area contributed by atoms with Crippen molar-refractivity contribution in [3.05, 3.63) is 53.1 Å². The van der Waals surface area contributed by atoms with Crippen LogP contribution in [0.1, 0.15) is 5.56 Å². The summed E-state index contributed by atoms with van der Waals surface area (Å²) in [5.74, 6) is -2.59. The van der Waals surface area contributed by atoms with Crippen LogP contribution in [-0.2, 0) is 9.53 Å². The number of carbonyl (C=O) groups excluding carboxylic acids is 2. The maximum atomic E-state index is 12.1. The highest BCUT2D eigenvalue weighted by molar-refractivity contribution is 6.30. The van der Waals surface area contributed by atoms with Crippen LogP contribution in [0.4, 0.5) is 23.7 Å². The van der Waals surface area contributed by atoms with Gasteiger partial charge in [-0.15, -0.1) is 0 Å². The average molecular weight is 358 g/mol. The Morgan fingerprint density at radius 1 is 1.12 bits per heavy atom. The van der Waals surface area contributed by atoms with Crippen molar-refractivity contribution in [1.82, 2.24) is 0 Å². The van der Waals surface area contributed by atoms with Gasteiger partial charge in [-0.3, -0.25) is 5.32 Å². The van der Waals surface area contributed by atoms with Gasteiger partial charge in [0.05, 0.1) is 5.69 Å². The lowest BCUT2D eigenvalue weighted by Crippen LogP contribution is -2.30. The van der Waals surface area contributed by atoms with Crippen molar-refractivity contribution in [1.29, 1.82) is 0 Å². The van der Waals surface area contributed by atoms with Crippen molar-refractivity contribution in [2.75, 3.05) is 5.32 Å². The van der Waals surface area contributed by atoms with E-state index in [-0.39, 0.29) is 5.69 Å². The van der Waals surface area contributed by atoms with Crippen LogP contribution in [0.5, 0.6) is 0 Å². The van der Waals surface area contributed by atoms with Gasteiger partial charge < -0.3 is 4.74 Å².